The molecular formula is C21H42. The quantitative estimate of drug-likeness (QED) is 0.199. The number of hydrogen-bond donors (Lipinski definition) is 0. The van der Waals surface area contributed by atoms with Gasteiger partial charge in [0, 0.05) is 0 Å². The van der Waals surface area contributed by atoms with E-state index in [0.717, 1.165) is 5.92 Å². The average Bonchev–Trinajstić information content (AvgIpc) is 2.50. The summed E-state index contributed by atoms with van der Waals surface area (Å²) in [6.07, 6.45) is 26.1. The lowest BCUT2D eigenvalue weighted by Gasteiger charge is -2.07. The third kappa shape index (κ3) is 17.7. The van der Waals surface area contributed by atoms with Crippen LogP contribution in [0.3, 0.4) is 0 Å². The van der Waals surface area contributed by atoms with Crippen molar-refractivity contribution in [3.63, 3.8) is 0 Å². The number of unbranched alkanes of at least 4 members (excludes halogenated alkanes) is 12. The van der Waals surface area contributed by atoms with Gasteiger partial charge in [-0.25, -0.2) is 0 Å². The van der Waals surface area contributed by atoms with Crippen LogP contribution >= 0.6 is 0 Å². The highest BCUT2D eigenvalue weighted by Gasteiger charge is 1.98. The van der Waals surface area contributed by atoms with E-state index in [0.29, 0.717) is 0 Å². The average molecular weight is 295 g/mol. The summed E-state index contributed by atoms with van der Waals surface area (Å²) in [5.74, 6) is 0.947. The lowest BCUT2D eigenvalue weighted by atomic mass is 9.99. The normalized spacial score (nSPS) is 13.1. The molecule has 0 rings (SSSR count). The molecule has 0 aromatic rings. The van der Waals surface area contributed by atoms with Crippen LogP contribution in [0.1, 0.15) is 117 Å². The molecule has 0 amide bonds. The number of rotatable bonds is 16. The Labute approximate surface area is 135 Å². The minimum absolute atomic E-state index is 0.947. The van der Waals surface area contributed by atoms with Crippen molar-refractivity contribution in [3.05, 3.63) is 12.2 Å². The summed E-state index contributed by atoms with van der Waals surface area (Å²) in [7, 11) is 0. The minimum Gasteiger partial charge on any atom is -0.0917 e. The topological polar surface area (TPSA) is 0 Å². The first-order valence-electron chi connectivity index (χ1n) is 9.92. The van der Waals surface area contributed by atoms with Crippen molar-refractivity contribution in [3.8, 4) is 0 Å². The Hall–Kier alpha value is -0.260. The summed E-state index contributed by atoms with van der Waals surface area (Å²) >= 11 is 0. The van der Waals surface area contributed by atoms with Gasteiger partial charge in [-0.2, -0.15) is 0 Å². The minimum atomic E-state index is 0.947. The predicted octanol–water partition coefficient (Wildman–Crippen LogP) is 8.07. The number of allylic oxidation sites excluding steroid dienone is 2. The van der Waals surface area contributed by atoms with Gasteiger partial charge in [0.25, 0.3) is 0 Å². The standard InChI is InChI=1S/C21H42/c1-4-6-7-8-9-10-11-12-13-14-15-16-17-18-19-20-21(3)5-2/h4,6,21H,5,7-20H2,1-3H3/b6-4+. The zero-order chi connectivity index (χ0) is 15.6. The van der Waals surface area contributed by atoms with Crippen LogP contribution in [0.2, 0.25) is 0 Å². The molecule has 0 bridgehead atoms. The fourth-order valence-electron chi connectivity index (χ4n) is 2.89. The van der Waals surface area contributed by atoms with E-state index in [-0.39, 0.29) is 0 Å². The van der Waals surface area contributed by atoms with E-state index in [2.05, 4.69) is 32.9 Å². The fraction of sp³-hybridized carbons (Fsp3) is 0.905. The summed E-state index contributed by atoms with van der Waals surface area (Å²) in [5.41, 5.74) is 0. The van der Waals surface area contributed by atoms with Crippen LogP contribution in [0, 0.1) is 5.92 Å². The lowest BCUT2D eigenvalue weighted by Crippen LogP contribution is -1.91. The summed E-state index contributed by atoms with van der Waals surface area (Å²) in [6.45, 7) is 6.82. The fourth-order valence-corrected chi connectivity index (χ4v) is 2.89. The Morgan fingerprint density at radius 3 is 1.52 bits per heavy atom. The van der Waals surface area contributed by atoms with Gasteiger partial charge < -0.3 is 0 Å². The van der Waals surface area contributed by atoms with Gasteiger partial charge in [-0.1, -0.05) is 109 Å². The highest BCUT2D eigenvalue weighted by atomic mass is 14.0. The van der Waals surface area contributed by atoms with E-state index in [1.165, 1.54) is 96.3 Å². The third-order valence-electron chi connectivity index (χ3n) is 4.75. The molecule has 0 aliphatic carbocycles. The van der Waals surface area contributed by atoms with Crippen LogP contribution in [-0.4, -0.2) is 0 Å². The van der Waals surface area contributed by atoms with Gasteiger partial charge in [-0.15, -0.1) is 0 Å². The van der Waals surface area contributed by atoms with Crippen LogP contribution in [0.25, 0.3) is 0 Å². The third-order valence-corrected chi connectivity index (χ3v) is 4.75. The first kappa shape index (κ1) is 20.7. The maximum atomic E-state index is 2.39. The molecular weight excluding hydrogens is 252 g/mol. The van der Waals surface area contributed by atoms with E-state index in [4.69, 9.17) is 0 Å². The first-order valence-corrected chi connectivity index (χ1v) is 9.92. The van der Waals surface area contributed by atoms with Crippen molar-refractivity contribution < 1.29 is 0 Å². The van der Waals surface area contributed by atoms with Crippen molar-refractivity contribution in [1.82, 2.24) is 0 Å². The van der Waals surface area contributed by atoms with Crippen LogP contribution in [0.5, 0.6) is 0 Å². The van der Waals surface area contributed by atoms with Gasteiger partial charge in [0.2, 0.25) is 0 Å². The Bertz CT molecular complexity index is 204. The molecule has 0 spiro atoms. The molecule has 0 N–H and O–H groups in total. The van der Waals surface area contributed by atoms with Gasteiger partial charge >= 0.3 is 0 Å². The second kappa shape index (κ2) is 17.8. The SMILES string of the molecule is C/C=C/CCCCCCCCCCCCCCC(C)CC. The van der Waals surface area contributed by atoms with Crippen LogP contribution in [-0.2, 0) is 0 Å². The molecule has 0 aromatic carbocycles. The zero-order valence-corrected chi connectivity index (χ0v) is 15.3. The van der Waals surface area contributed by atoms with E-state index in [1.54, 1.807) is 0 Å². The molecule has 0 saturated carbocycles. The first-order chi connectivity index (χ1) is 10.3. The highest BCUT2D eigenvalue weighted by Crippen LogP contribution is 2.15. The second-order valence-corrected chi connectivity index (χ2v) is 6.90. The smallest absolute Gasteiger partial charge is 0.0351 e. The van der Waals surface area contributed by atoms with Gasteiger partial charge in [0.15, 0.2) is 0 Å². The molecule has 126 valence electrons. The molecule has 1 atom stereocenters. The molecule has 0 fully saturated rings. The Morgan fingerprint density at radius 2 is 1.10 bits per heavy atom. The molecule has 0 heterocycles. The Balaban J connectivity index is 2.99. The van der Waals surface area contributed by atoms with Gasteiger partial charge in [-0.3, -0.25) is 0 Å². The van der Waals surface area contributed by atoms with Crippen molar-refractivity contribution in [2.45, 2.75) is 117 Å². The lowest BCUT2D eigenvalue weighted by molar-refractivity contribution is 0.468. The highest BCUT2D eigenvalue weighted by molar-refractivity contribution is 4.76. The Morgan fingerprint density at radius 1 is 0.667 bits per heavy atom. The molecule has 0 saturated heterocycles. The monoisotopic (exact) mass is 294 g/mol. The molecule has 0 aliphatic heterocycles. The molecule has 0 radical (unpaired) electrons. The van der Waals surface area contributed by atoms with Crippen LogP contribution in [0.15, 0.2) is 12.2 Å². The van der Waals surface area contributed by atoms with Gasteiger partial charge in [0.1, 0.15) is 0 Å². The van der Waals surface area contributed by atoms with Crippen molar-refractivity contribution in [2.24, 2.45) is 5.92 Å². The molecule has 0 heteroatoms. The molecule has 0 aromatic heterocycles. The molecule has 1 unspecified atom stereocenters. The second-order valence-electron chi connectivity index (χ2n) is 6.90. The number of hydrogen-bond acceptors (Lipinski definition) is 0. The van der Waals surface area contributed by atoms with Gasteiger partial charge in [-0.05, 0) is 25.7 Å². The summed E-state index contributed by atoms with van der Waals surface area (Å²) < 4.78 is 0. The Kier molecular flexibility index (Phi) is 17.6. The van der Waals surface area contributed by atoms with E-state index in [9.17, 15) is 0 Å². The largest absolute Gasteiger partial charge is 0.0917 e. The van der Waals surface area contributed by atoms with Crippen molar-refractivity contribution >= 4 is 0 Å². The molecule has 0 aliphatic rings. The van der Waals surface area contributed by atoms with E-state index in [1.807, 2.05) is 0 Å². The summed E-state index contributed by atoms with van der Waals surface area (Å²) in [6, 6.07) is 0. The zero-order valence-electron chi connectivity index (χ0n) is 15.3. The predicted molar refractivity (Wildman–Crippen MR) is 98.9 cm³/mol. The van der Waals surface area contributed by atoms with E-state index < -0.39 is 0 Å². The molecule has 0 nitrogen and oxygen atoms in total. The van der Waals surface area contributed by atoms with E-state index >= 15 is 0 Å². The van der Waals surface area contributed by atoms with Gasteiger partial charge in [0.05, 0.1) is 0 Å². The van der Waals surface area contributed by atoms with Crippen molar-refractivity contribution in [1.29, 1.82) is 0 Å². The molecule has 21 heavy (non-hydrogen) atoms. The summed E-state index contributed by atoms with van der Waals surface area (Å²) in [5, 5.41) is 0. The maximum absolute atomic E-state index is 2.39. The van der Waals surface area contributed by atoms with Crippen LogP contribution < -0.4 is 0 Å². The van der Waals surface area contributed by atoms with Crippen molar-refractivity contribution in [2.75, 3.05) is 0 Å². The maximum Gasteiger partial charge on any atom is -0.0351 e. The van der Waals surface area contributed by atoms with Crippen LogP contribution in [0.4, 0.5) is 0 Å². The summed E-state index contributed by atoms with van der Waals surface area (Å²) in [4.78, 5) is 0.